The summed E-state index contributed by atoms with van der Waals surface area (Å²) in [6.45, 7) is 0. The fourth-order valence-corrected chi connectivity index (χ4v) is 2.78. The SMILES string of the molecule is N#C/C(=C/c1ccccc1Cl)S(=O)(=O)Nc1ccc(F)cc1. The Balaban J connectivity index is 2.36. The fourth-order valence-electron chi connectivity index (χ4n) is 1.63. The molecule has 0 atom stereocenters. The first-order valence-electron chi connectivity index (χ1n) is 6.07. The molecule has 0 spiro atoms. The molecule has 7 heteroatoms. The van der Waals surface area contributed by atoms with E-state index in [0.717, 1.165) is 12.1 Å². The third-order valence-electron chi connectivity index (χ3n) is 2.69. The van der Waals surface area contributed by atoms with Crippen LogP contribution in [0.25, 0.3) is 6.08 Å². The van der Waals surface area contributed by atoms with E-state index in [2.05, 4.69) is 4.72 Å². The molecule has 0 aliphatic rings. The Kier molecular flexibility index (Phi) is 4.81. The Bertz CT molecular complexity index is 856. The van der Waals surface area contributed by atoms with Crippen LogP contribution < -0.4 is 4.72 Å². The van der Waals surface area contributed by atoms with Gasteiger partial charge in [0.1, 0.15) is 11.9 Å². The molecule has 22 heavy (non-hydrogen) atoms. The first-order valence-corrected chi connectivity index (χ1v) is 7.93. The van der Waals surface area contributed by atoms with Gasteiger partial charge in [-0.15, -0.1) is 0 Å². The van der Waals surface area contributed by atoms with Crippen molar-refractivity contribution in [2.45, 2.75) is 0 Å². The third-order valence-corrected chi connectivity index (χ3v) is 4.32. The van der Waals surface area contributed by atoms with E-state index in [0.29, 0.717) is 10.6 Å². The van der Waals surface area contributed by atoms with E-state index in [4.69, 9.17) is 16.9 Å². The number of allylic oxidation sites excluding steroid dienone is 1. The summed E-state index contributed by atoms with van der Waals surface area (Å²) in [6.07, 6.45) is 1.17. The molecule has 0 radical (unpaired) electrons. The van der Waals surface area contributed by atoms with E-state index in [9.17, 15) is 12.8 Å². The third kappa shape index (κ3) is 3.85. The highest BCUT2D eigenvalue weighted by molar-refractivity contribution is 7.96. The molecule has 4 nitrogen and oxygen atoms in total. The highest BCUT2D eigenvalue weighted by Gasteiger charge is 2.18. The second-order valence-corrected chi connectivity index (χ2v) is 6.31. The summed E-state index contributed by atoms with van der Waals surface area (Å²) in [7, 11) is -4.08. The number of hydrogen-bond acceptors (Lipinski definition) is 3. The Morgan fingerprint density at radius 2 is 1.82 bits per heavy atom. The van der Waals surface area contributed by atoms with E-state index < -0.39 is 20.7 Å². The summed E-state index contributed by atoms with van der Waals surface area (Å²) in [4.78, 5) is -0.495. The fraction of sp³-hybridized carbons (Fsp3) is 0. The summed E-state index contributed by atoms with van der Waals surface area (Å²) < 4.78 is 39.4. The van der Waals surface area contributed by atoms with E-state index in [1.54, 1.807) is 30.3 Å². The van der Waals surface area contributed by atoms with E-state index >= 15 is 0 Å². The minimum atomic E-state index is -4.08. The summed E-state index contributed by atoms with van der Waals surface area (Å²) in [6, 6.07) is 12.9. The van der Waals surface area contributed by atoms with Crippen molar-refractivity contribution in [2.24, 2.45) is 0 Å². The van der Waals surface area contributed by atoms with Crippen LogP contribution in [0, 0.1) is 17.1 Å². The summed E-state index contributed by atoms with van der Waals surface area (Å²) in [5.41, 5.74) is 0.562. The number of nitrogens with one attached hydrogen (secondary N) is 1. The molecular weight excluding hydrogens is 327 g/mol. The summed E-state index contributed by atoms with van der Waals surface area (Å²) >= 11 is 5.94. The lowest BCUT2D eigenvalue weighted by Crippen LogP contribution is -2.14. The van der Waals surface area contributed by atoms with Gasteiger partial charge < -0.3 is 0 Å². The molecular formula is C15H10ClFN2O2S. The number of benzene rings is 2. The largest absolute Gasteiger partial charge is 0.279 e. The van der Waals surface area contributed by atoms with Crippen LogP contribution in [0.5, 0.6) is 0 Å². The number of halogens is 2. The van der Waals surface area contributed by atoms with Crippen molar-refractivity contribution >= 4 is 33.4 Å². The van der Waals surface area contributed by atoms with Crippen molar-refractivity contribution in [1.82, 2.24) is 0 Å². The molecule has 0 unspecified atom stereocenters. The molecule has 0 fully saturated rings. The quantitative estimate of drug-likeness (QED) is 0.864. The lowest BCUT2D eigenvalue weighted by atomic mass is 10.2. The van der Waals surface area contributed by atoms with Gasteiger partial charge in [0.05, 0.1) is 0 Å². The first kappa shape index (κ1) is 16.0. The minimum Gasteiger partial charge on any atom is -0.279 e. The van der Waals surface area contributed by atoms with E-state index in [-0.39, 0.29) is 5.69 Å². The molecule has 2 aromatic carbocycles. The van der Waals surface area contributed by atoms with Gasteiger partial charge in [-0.2, -0.15) is 5.26 Å². The molecule has 0 heterocycles. The lowest BCUT2D eigenvalue weighted by molar-refractivity contribution is 0.608. The zero-order valence-corrected chi connectivity index (χ0v) is 12.7. The Morgan fingerprint density at radius 3 is 2.41 bits per heavy atom. The van der Waals surface area contributed by atoms with Crippen molar-refractivity contribution in [2.75, 3.05) is 4.72 Å². The van der Waals surface area contributed by atoms with Gasteiger partial charge in [0, 0.05) is 10.7 Å². The molecule has 0 aliphatic heterocycles. The maximum Gasteiger partial charge on any atom is 0.272 e. The number of anilines is 1. The molecule has 1 N–H and O–H groups in total. The van der Waals surface area contributed by atoms with Crippen LogP contribution in [0.2, 0.25) is 5.02 Å². The number of nitrogens with zero attached hydrogens (tertiary/aromatic N) is 1. The predicted molar refractivity (Wildman–Crippen MR) is 84.0 cm³/mol. The van der Waals surface area contributed by atoms with Crippen LogP contribution in [-0.4, -0.2) is 8.42 Å². The molecule has 0 saturated heterocycles. The van der Waals surface area contributed by atoms with Gasteiger partial charge in [0.25, 0.3) is 10.0 Å². The average molecular weight is 337 g/mol. The second kappa shape index (κ2) is 6.60. The van der Waals surface area contributed by atoms with Gasteiger partial charge in [-0.1, -0.05) is 29.8 Å². The van der Waals surface area contributed by atoms with Crippen LogP contribution in [-0.2, 0) is 10.0 Å². The van der Waals surface area contributed by atoms with Crippen LogP contribution in [0.15, 0.2) is 53.4 Å². The van der Waals surface area contributed by atoms with Gasteiger partial charge in [0.15, 0.2) is 4.91 Å². The molecule has 112 valence electrons. The molecule has 2 rings (SSSR count). The van der Waals surface area contributed by atoms with Gasteiger partial charge in [-0.25, -0.2) is 12.8 Å². The highest BCUT2D eigenvalue weighted by atomic mass is 35.5. The molecule has 0 bridgehead atoms. The van der Waals surface area contributed by atoms with E-state index in [1.165, 1.54) is 18.2 Å². The number of nitriles is 1. The number of hydrogen-bond donors (Lipinski definition) is 1. The van der Waals surface area contributed by atoms with Gasteiger partial charge in [-0.3, -0.25) is 4.72 Å². The standard InChI is InChI=1S/C15H10ClFN2O2S/c16-15-4-2-1-3-11(15)9-14(10-18)22(20,21)19-13-7-5-12(17)6-8-13/h1-9,19H/b14-9-. The highest BCUT2D eigenvalue weighted by Crippen LogP contribution is 2.21. The zero-order valence-electron chi connectivity index (χ0n) is 11.1. The van der Waals surface area contributed by atoms with Crippen LogP contribution in [0.3, 0.4) is 0 Å². The number of sulfonamides is 1. The van der Waals surface area contributed by atoms with Crippen LogP contribution in [0.1, 0.15) is 5.56 Å². The van der Waals surface area contributed by atoms with Gasteiger partial charge in [0.2, 0.25) is 0 Å². The normalized spacial score (nSPS) is 11.8. The van der Waals surface area contributed by atoms with Crippen LogP contribution >= 0.6 is 11.6 Å². The summed E-state index contributed by atoms with van der Waals surface area (Å²) in [5.74, 6) is -0.491. The monoisotopic (exact) mass is 336 g/mol. The van der Waals surface area contributed by atoms with E-state index in [1.807, 2.05) is 0 Å². The maximum absolute atomic E-state index is 12.8. The Morgan fingerprint density at radius 1 is 1.18 bits per heavy atom. The molecule has 0 aromatic heterocycles. The van der Waals surface area contributed by atoms with Crippen molar-refractivity contribution in [3.05, 3.63) is 69.8 Å². The van der Waals surface area contributed by atoms with Gasteiger partial charge in [-0.05, 0) is 42.0 Å². The van der Waals surface area contributed by atoms with Gasteiger partial charge >= 0.3 is 0 Å². The summed E-state index contributed by atoms with van der Waals surface area (Å²) in [5, 5.41) is 9.42. The predicted octanol–water partition coefficient (Wildman–Crippen LogP) is 3.79. The Hall–Kier alpha value is -2.36. The second-order valence-electron chi connectivity index (χ2n) is 4.25. The van der Waals surface area contributed by atoms with Crippen molar-refractivity contribution in [1.29, 1.82) is 5.26 Å². The van der Waals surface area contributed by atoms with Crippen molar-refractivity contribution in [3.8, 4) is 6.07 Å². The topological polar surface area (TPSA) is 70.0 Å². The zero-order chi connectivity index (χ0) is 16.2. The first-order chi connectivity index (χ1) is 10.4. The molecule has 0 saturated carbocycles. The average Bonchev–Trinajstić information content (AvgIpc) is 2.48. The number of rotatable bonds is 4. The minimum absolute atomic E-state index is 0.154. The Labute approximate surface area is 132 Å². The van der Waals surface area contributed by atoms with Crippen molar-refractivity contribution < 1.29 is 12.8 Å². The molecule has 0 aliphatic carbocycles. The smallest absolute Gasteiger partial charge is 0.272 e. The lowest BCUT2D eigenvalue weighted by Gasteiger charge is -2.07. The maximum atomic E-state index is 12.8. The molecule has 2 aromatic rings. The van der Waals surface area contributed by atoms with Crippen LogP contribution in [0.4, 0.5) is 10.1 Å². The van der Waals surface area contributed by atoms with Crippen molar-refractivity contribution in [3.63, 3.8) is 0 Å². The molecule has 0 amide bonds.